The van der Waals surface area contributed by atoms with Crippen LogP contribution in [-0.2, 0) is 0 Å². The van der Waals surface area contributed by atoms with E-state index in [-0.39, 0.29) is 12.1 Å². The van der Waals surface area contributed by atoms with Crippen LogP contribution in [0.15, 0.2) is 0 Å². The van der Waals surface area contributed by atoms with Crippen LogP contribution >= 0.6 is 0 Å². The van der Waals surface area contributed by atoms with E-state index in [1.807, 2.05) is 0 Å². The van der Waals surface area contributed by atoms with Crippen molar-refractivity contribution in [1.82, 2.24) is 20.0 Å². The van der Waals surface area contributed by atoms with Crippen LogP contribution in [0.4, 0.5) is 4.79 Å². The van der Waals surface area contributed by atoms with E-state index in [4.69, 9.17) is 0 Å². The van der Waals surface area contributed by atoms with Crippen molar-refractivity contribution in [2.24, 2.45) is 11.8 Å². The van der Waals surface area contributed by atoms with Crippen LogP contribution in [0.25, 0.3) is 0 Å². The Balaban J connectivity index is 1.77. The van der Waals surface area contributed by atoms with Crippen molar-refractivity contribution in [2.45, 2.75) is 38.8 Å². The number of rotatable bonds is 7. The number of hydrogen-bond acceptors (Lipinski definition) is 4. The van der Waals surface area contributed by atoms with Gasteiger partial charge in [-0.05, 0) is 31.7 Å². The number of likely N-dealkylation sites (N-methyl/N-ethyl adjacent to an activating group) is 2. The fourth-order valence-corrected chi connectivity index (χ4v) is 3.26. The lowest BCUT2D eigenvalue weighted by Crippen LogP contribution is -2.55. The van der Waals surface area contributed by atoms with Crippen LogP contribution in [-0.4, -0.2) is 91.3 Å². The zero-order chi connectivity index (χ0) is 17.0. The summed E-state index contributed by atoms with van der Waals surface area (Å²) in [6.07, 6.45) is 1.81. The lowest BCUT2D eigenvalue weighted by Gasteiger charge is -2.40. The first kappa shape index (κ1) is 18.5. The molecule has 6 heteroatoms. The summed E-state index contributed by atoms with van der Waals surface area (Å²) in [5.74, 6) is 0.903. The van der Waals surface area contributed by atoms with Crippen molar-refractivity contribution in [2.75, 3.05) is 53.4 Å². The topological polar surface area (TPSA) is 59.1 Å². The number of urea groups is 1. The van der Waals surface area contributed by atoms with Gasteiger partial charge in [0.2, 0.25) is 0 Å². The van der Waals surface area contributed by atoms with Crippen LogP contribution in [0.3, 0.4) is 0 Å². The van der Waals surface area contributed by atoms with E-state index in [0.29, 0.717) is 31.0 Å². The highest BCUT2D eigenvalue weighted by atomic mass is 16.3. The van der Waals surface area contributed by atoms with Crippen molar-refractivity contribution in [3.8, 4) is 0 Å². The molecule has 0 radical (unpaired) electrons. The van der Waals surface area contributed by atoms with Crippen molar-refractivity contribution in [3.63, 3.8) is 0 Å². The summed E-state index contributed by atoms with van der Waals surface area (Å²) in [5.41, 5.74) is 0. The smallest absolute Gasteiger partial charge is 0.317 e. The van der Waals surface area contributed by atoms with E-state index in [2.05, 4.69) is 36.0 Å². The van der Waals surface area contributed by atoms with Gasteiger partial charge in [0.25, 0.3) is 0 Å². The Morgan fingerprint density at radius 2 is 1.87 bits per heavy atom. The van der Waals surface area contributed by atoms with Gasteiger partial charge in [0.1, 0.15) is 0 Å². The number of carbonyl (C=O) groups excluding carboxylic acids is 1. The number of aliphatic hydroxyl groups excluding tert-OH is 1. The molecule has 0 aromatic carbocycles. The van der Waals surface area contributed by atoms with E-state index in [9.17, 15) is 9.90 Å². The van der Waals surface area contributed by atoms with Crippen molar-refractivity contribution >= 4 is 6.03 Å². The van der Waals surface area contributed by atoms with Gasteiger partial charge in [-0.25, -0.2) is 4.79 Å². The first-order valence-corrected chi connectivity index (χ1v) is 8.98. The number of hydrogen-bond donors (Lipinski definition) is 2. The fourth-order valence-electron chi connectivity index (χ4n) is 3.26. The highest BCUT2D eigenvalue weighted by molar-refractivity contribution is 5.73. The van der Waals surface area contributed by atoms with Crippen LogP contribution in [0, 0.1) is 11.8 Å². The lowest BCUT2D eigenvalue weighted by molar-refractivity contribution is 0.0856. The van der Waals surface area contributed by atoms with Gasteiger partial charge in [-0.1, -0.05) is 13.8 Å². The van der Waals surface area contributed by atoms with Crippen LogP contribution in [0.2, 0.25) is 0 Å². The van der Waals surface area contributed by atoms with E-state index in [1.165, 1.54) is 0 Å². The molecule has 1 heterocycles. The zero-order valence-corrected chi connectivity index (χ0v) is 15.2. The molecule has 2 aliphatic rings. The average molecular weight is 326 g/mol. The largest absolute Gasteiger partial charge is 0.391 e. The Kier molecular flexibility index (Phi) is 6.68. The number of piperazine rings is 1. The Labute approximate surface area is 140 Å². The van der Waals surface area contributed by atoms with Gasteiger partial charge in [0, 0.05) is 52.4 Å². The molecule has 0 aromatic rings. The molecule has 2 amide bonds. The maximum atomic E-state index is 12.3. The summed E-state index contributed by atoms with van der Waals surface area (Å²) in [7, 11) is 3.92. The van der Waals surface area contributed by atoms with Gasteiger partial charge >= 0.3 is 6.03 Å². The Morgan fingerprint density at radius 3 is 2.39 bits per heavy atom. The number of nitrogens with zero attached hydrogens (tertiary/aromatic N) is 3. The molecular weight excluding hydrogens is 292 g/mol. The van der Waals surface area contributed by atoms with Gasteiger partial charge in [-0.3, -0.25) is 4.90 Å². The number of amides is 2. The number of carbonyl (C=O) groups is 1. The summed E-state index contributed by atoms with van der Waals surface area (Å²) < 4.78 is 0. The molecule has 1 saturated carbocycles. The highest BCUT2D eigenvalue weighted by Gasteiger charge is 2.31. The standard InChI is InChI=1S/C17H34N4O2/c1-13(2)15(21-9-7-19(3)8-10-21)11-18-17(23)20(4)12-16(22)14-5-6-14/h13-16,22H,5-12H2,1-4H3,(H,18,23). The molecule has 2 atom stereocenters. The lowest BCUT2D eigenvalue weighted by atomic mass is 10.0. The third-order valence-corrected chi connectivity index (χ3v) is 5.21. The van der Waals surface area contributed by atoms with Crippen molar-refractivity contribution in [1.29, 1.82) is 0 Å². The van der Waals surface area contributed by atoms with Crippen LogP contribution in [0.1, 0.15) is 26.7 Å². The Hall–Kier alpha value is -0.850. The predicted octanol–water partition coefficient (Wildman–Crippen LogP) is 0.671. The third-order valence-electron chi connectivity index (χ3n) is 5.21. The molecule has 0 spiro atoms. The molecule has 0 bridgehead atoms. The van der Waals surface area contributed by atoms with Gasteiger partial charge in [-0.2, -0.15) is 0 Å². The summed E-state index contributed by atoms with van der Waals surface area (Å²) in [6, 6.07) is 0.291. The van der Waals surface area contributed by atoms with Gasteiger partial charge in [0.15, 0.2) is 0 Å². The normalized spacial score (nSPS) is 22.9. The van der Waals surface area contributed by atoms with E-state index >= 15 is 0 Å². The van der Waals surface area contributed by atoms with E-state index in [1.54, 1.807) is 11.9 Å². The fraction of sp³-hybridized carbons (Fsp3) is 0.941. The molecular formula is C17H34N4O2. The molecule has 2 rings (SSSR count). The molecule has 1 saturated heterocycles. The second kappa shape index (κ2) is 8.31. The molecule has 1 aliphatic heterocycles. The molecule has 2 N–H and O–H groups in total. The minimum absolute atomic E-state index is 0.0792. The van der Waals surface area contributed by atoms with Crippen molar-refractivity contribution in [3.05, 3.63) is 0 Å². The summed E-state index contributed by atoms with van der Waals surface area (Å²) >= 11 is 0. The van der Waals surface area contributed by atoms with Gasteiger partial charge in [0.05, 0.1) is 6.10 Å². The molecule has 0 aromatic heterocycles. The third kappa shape index (κ3) is 5.62. The predicted molar refractivity (Wildman–Crippen MR) is 92.5 cm³/mol. The van der Waals surface area contributed by atoms with E-state index < -0.39 is 0 Å². The molecule has 1 aliphatic carbocycles. The summed E-state index contributed by atoms with van der Waals surface area (Å²) in [4.78, 5) is 18.7. The second-order valence-corrected chi connectivity index (χ2v) is 7.62. The van der Waals surface area contributed by atoms with Crippen molar-refractivity contribution < 1.29 is 9.90 Å². The second-order valence-electron chi connectivity index (χ2n) is 7.62. The quantitative estimate of drug-likeness (QED) is 0.722. The molecule has 134 valence electrons. The first-order chi connectivity index (χ1) is 10.9. The van der Waals surface area contributed by atoms with Crippen LogP contribution in [0.5, 0.6) is 0 Å². The van der Waals surface area contributed by atoms with Crippen LogP contribution < -0.4 is 5.32 Å². The first-order valence-electron chi connectivity index (χ1n) is 8.98. The summed E-state index contributed by atoms with van der Waals surface area (Å²) in [5, 5.41) is 13.0. The number of aliphatic hydroxyl groups is 1. The molecule has 6 nitrogen and oxygen atoms in total. The minimum atomic E-state index is -0.371. The van der Waals surface area contributed by atoms with Gasteiger partial charge in [-0.15, -0.1) is 0 Å². The zero-order valence-electron chi connectivity index (χ0n) is 15.2. The highest BCUT2D eigenvalue weighted by Crippen LogP contribution is 2.32. The van der Waals surface area contributed by atoms with Gasteiger partial charge < -0.3 is 20.2 Å². The SMILES string of the molecule is CC(C)C(CNC(=O)N(C)CC(O)C1CC1)N1CCN(C)CC1. The molecule has 2 unspecified atom stereocenters. The molecule has 23 heavy (non-hydrogen) atoms. The Bertz CT molecular complexity index is 379. The summed E-state index contributed by atoms with van der Waals surface area (Å²) in [6.45, 7) is 9.83. The Morgan fingerprint density at radius 1 is 1.26 bits per heavy atom. The molecule has 2 fully saturated rings. The average Bonchev–Trinajstić information content (AvgIpc) is 3.33. The maximum Gasteiger partial charge on any atom is 0.317 e. The number of nitrogens with one attached hydrogen (secondary N) is 1. The minimum Gasteiger partial charge on any atom is -0.391 e. The van der Waals surface area contributed by atoms with E-state index in [0.717, 1.165) is 39.0 Å². The maximum absolute atomic E-state index is 12.3. The monoisotopic (exact) mass is 326 g/mol.